The summed E-state index contributed by atoms with van der Waals surface area (Å²) in [6.45, 7) is 8.23. The van der Waals surface area contributed by atoms with Crippen LogP contribution < -0.4 is 11.1 Å². The van der Waals surface area contributed by atoms with Crippen LogP contribution in [0.1, 0.15) is 67.9 Å². The van der Waals surface area contributed by atoms with Crippen molar-refractivity contribution in [3.05, 3.63) is 34.9 Å². The first kappa shape index (κ1) is 24.2. The van der Waals surface area contributed by atoms with Gasteiger partial charge in [-0.25, -0.2) is 0 Å². The number of carbonyl (C=O) groups is 3. The lowest BCUT2D eigenvalue weighted by molar-refractivity contribution is -0.155. The number of rotatable bonds is 9. The van der Waals surface area contributed by atoms with E-state index in [9.17, 15) is 14.4 Å². The number of hydrogen-bond acceptors (Lipinski definition) is 6. The Morgan fingerprint density at radius 3 is 2.75 bits per heavy atom. The summed E-state index contributed by atoms with van der Waals surface area (Å²) in [5.74, 6) is -1.27. The predicted molar refractivity (Wildman–Crippen MR) is 120 cm³/mol. The van der Waals surface area contributed by atoms with Gasteiger partial charge in [0.2, 0.25) is 5.91 Å². The van der Waals surface area contributed by atoms with E-state index in [0.29, 0.717) is 18.7 Å². The van der Waals surface area contributed by atoms with Crippen LogP contribution in [0.5, 0.6) is 0 Å². The van der Waals surface area contributed by atoms with Crippen LogP contribution in [0, 0.1) is 0 Å². The molecule has 0 saturated carbocycles. The first-order chi connectivity index (χ1) is 15.1. The Kier molecular flexibility index (Phi) is 7.90. The van der Waals surface area contributed by atoms with Crippen molar-refractivity contribution in [3.63, 3.8) is 0 Å². The maximum Gasteiger partial charge on any atom is 0.306 e. The zero-order valence-electron chi connectivity index (χ0n) is 19.3. The van der Waals surface area contributed by atoms with Crippen LogP contribution >= 0.6 is 0 Å². The summed E-state index contributed by atoms with van der Waals surface area (Å²) in [6, 6.07) is 4.89. The van der Waals surface area contributed by atoms with Crippen LogP contribution in [0.4, 0.5) is 0 Å². The minimum atomic E-state index is -0.854. The van der Waals surface area contributed by atoms with Crippen LogP contribution in [0.3, 0.4) is 0 Å². The molecule has 1 unspecified atom stereocenters. The third kappa shape index (κ3) is 6.53. The molecule has 0 spiro atoms. The van der Waals surface area contributed by atoms with Crippen LogP contribution in [-0.4, -0.2) is 60.1 Å². The fourth-order valence-corrected chi connectivity index (χ4v) is 4.21. The van der Waals surface area contributed by atoms with Gasteiger partial charge in [-0.3, -0.25) is 14.4 Å². The Labute approximate surface area is 189 Å². The van der Waals surface area contributed by atoms with Gasteiger partial charge in [-0.1, -0.05) is 12.1 Å². The standard InChI is InChI=1S/C24H35N3O5/c1-24(2,3)32-21(28)9-8-20(22(25)29)27-15-17-13-16(6-7-19(17)23(27)30)10-12-31-18-5-4-11-26-14-18/h6-7,13,18,20,26H,4-5,8-12,14-15H2,1-3H3,(H2,25,29)/t18?,20-/m0/s1. The number of piperidine rings is 1. The van der Waals surface area contributed by atoms with E-state index in [1.54, 1.807) is 26.8 Å². The van der Waals surface area contributed by atoms with Gasteiger partial charge < -0.3 is 25.4 Å². The third-order valence-electron chi connectivity index (χ3n) is 5.74. The fraction of sp³-hybridized carbons (Fsp3) is 0.625. The summed E-state index contributed by atoms with van der Waals surface area (Å²) in [5, 5.41) is 3.34. The lowest BCUT2D eigenvalue weighted by Gasteiger charge is -2.25. The molecule has 32 heavy (non-hydrogen) atoms. The highest BCUT2D eigenvalue weighted by Gasteiger charge is 2.36. The Bertz CT molecular complexity index is 843. The molecule has 1 saturated heterocycles. The van der Waals surface area contributed by atoms with Gasteiger partial charge in [0.1, 0.15) is 11.6 Å². The van der Waals surface area contributed by atoms with Gasteiger partial charge in [0.25, 0.3) is 5.91 Å². The second kappa shape index (κ2) is 10.4. The van der Waals surface area contributed by atoms with Crippen molar-refractivity contribution in [3.8, 4) is 0 Å². The van der Waals surface area contributed by atoms with Crippen molar-refractivity contribution in [2.75, 3.05) is 19.7 Å². The number of carbonyl (C=O) groups excluding carboxylic acids is 3. The maximum absolute atomic E-state index is 12.9. The number of benzene rings is 1. The molecule has 8 heteroatoms. The van der Waals surface area contributed by atoms with Crippen molar-refractivity contribution >= 4 is 17.8 Å². The monoisotopic (exact) mass is 445 g/mol. The number of nitrogens with two attached hydrogens (primary N) is 1. The average Bonchev–Trinajstić information content (AvgIpc) is 3.03. The van der Waals surface area contributed by atoms with E-state index in [1.807, 2.05) is 12.1 Å². The molecule has 2 aliphatic rings. The highest BCUT2D eigenvalue weighted by atomic mass is 16.6. The number of nitrogens with zero attached hydrogens (tertiary/aromatic N) is 1. The van der Waals surface area contributed by atoms with Crippen LogP contribution in [0.2, 0.25) is 0 Å². The molecule has 3 N–H and O–H groups in total. The Balaban J connectivity index is 1.58. The summed E-state index contributed by atoms with van der Waals surface area (Å²) in [5.41, 5.74) is 7.52. The fourth-order valence-electron chi connectivity index (χ4n) is 4.21. The molecular weight excluding hydrogens is 410 g/mol. The summed E-state index contributed by atoms with van der Waals surface area (Å²) in [6.07, 6.45) is 3.39. The average molecular weight is 446 g/mol. The number of esters is 1. The van der Waals surface area contributed by atoms with Gasteiger partial charge in [-0.2, -0.15) is 0 Å². The molecule has 8 nitrogen and oxygen atoms in total. The zero-order valence-corrected chi connectivity index (χ0v) is 19.3. The molecular formula is C24H35N3O5. The van der Waals surface area contributed by atoms with Gasteiger partial charge in [0.15, 0.2) is 0 Å². The number of fused-ring (bicyclic) bond motifs is 1. The quantitative estimate of drug-likeness (QED) is 0.562. The van der Waals surface area contributed by atoms with E-state index in [2.05, 4.69) is 5.32 Å². The second-order valence-corrected chi connectivity index (χ2v) is 9.56. The Morgan fingerprint density at radius 2 is 2.09 bits per heavy atom. The van der Waals surface area contributed by atoms with Gasteiger partial charge in [0, 0.05) is 25.1 Å². The largest absolute Gasteiger partial charge is 0.460 e. The van der Waals surface area contributed by atoms with Crippen LogP contribution in [-0.2, 0) is 32.0 Å². The molecule has 0 aromatic heterocycles. The van der Waals surface area contributed by atoms with E-state index in [4.69, 9.17) is 15.2 Å². The van der Waals surface area contributed by atoms with Crippen molar-refractivity contribution in [2.45, 2.75) is 77.2 Å². The molecule has 0 bridgehead atoms. The third-order valence-corrected chi connectivity index (χ3v) is 5.74. The van der Waals surface area contributed by atoms with Gasteiger partial charge in [0.05, 0.1) is 12.7 Å². The lowest BCUT2D eigenvalue weighted by Crippen LogP contribution is -2.45. The molecule has 2 aliphatic heterocycles. The zero-order chi connectivity index (χ0) is 23.3. The number of amides is 2. The molecule has 2 amide bonds. The Hall–Kier alpha value is -2.45. The van der Waals surface area contributed by atoms with Crippen LogP contribution in [0.25, 0.3) is 0 Å². The molecule has 1 fully saturated rings. The highest BCUT2D eigenvalue weighted by Crippen LogP contribution is 2.27. The minimum absolute atomic E-state index is 0.0175. The van der Waals surface area contributed by atoms with E-state index in [0.717, 1.165) is 43.5 Å². The second-order valence-electron chi connectivity index (χ2n) is 9.56. The lowest BCUT2D eigenvalue weighted by atomic mass is 10.0. The first-order valence-electron chi connectivity index (χ1n) is 11.4. The Morgan fingerprint density at radius 1 is 1.31 bits per heavy atom. The topological polar surface area (TPSA) is 111 Å². The molecule has 2 heterocycles. The molecule has 0 radical (unpaired) electrons. The number of ether oxygens (including phenoxy) is 2. The van der Waals surface area contributed by atoms with Gasteiger partial charge >= 0.3 is 5.97 Å². The summed E-state index contributed by atoms with van der Waals surface area (Å²) >= 11 is 0. The summed E-state index contributed by atoms with van der Waals surface area (Å²) < 4.78 is 11.3. The number of primary amides is 1. The van der Waals surface area contributed by atoms with E-state index in [-0.39, 0.29) is 24.9 Å². The smallest absolute Gasteiger partial charge is 0.306 e. The molecule has 1 aromatic carbocycles. The van der Waals surface area contributed by atoms with Crippen molar-refractivity contribution < 1.29 is 23.9 Å². The van der Waals surface area contributed by atoms with E-state index < -0.39 is 23.5 Å². The number of hydrogen-bond donors (Lipinski definition) is 2. The normalized spacial score (nSPS) is 19.5. The van der Waals surface area contributed by atoms with Gasteiger partial charge in [-0.05, 0) is 70.2 Å². The van der Waals surface area contributed by atoms with Gasteiger partial charge in [-0.15, -0.1) is 0 Å². The van der Waals surface area contributed by atoms with Crippen LogP contribution in [0.15, 0.2) is 18.2 Å². The van der Waals surface area contributed by atoms with Crippen molar-refractivity contribution in [2.24, 2.45) is 5.73 Å². The molecule has 2 atom stereocenters. The van der Waals surface area contributed by atoms with E-state index in [1.165, 1.54) is 4.90 Å². The minimum Gasteiger partial charge on any atom is -0.460 e. The SMILES string of the molecule is CC(C)(C)OC(=O)CC[C@@H](C(N)=O)N1Cc2cc(CCOC3CCCNC3)ccc2C1=O. The molecule has 1 aromatic rings. The highest BCUT2D eigenvalue weighted by molar-refractivity contribution is 6.01. The molecule has 176 valence electrons. The van der Waals surface area contributed by atoms with Crippen molar-refractivity contribution in [1.29, 1.82) is 0 Å². The number of nitrogens with one attached hydrogen (secondary N) is 1. The maximum atomic E-state index is 12.9. The predicted octanol–water partition coefficient (Wildman–Crippen LogP) is 1.93. The summed E-state index contributed by atoms with van der Waals surface area (Å²) in [4.78, 5) is 38.5. The van der Waals surface area contributed by atoms with E-state index >= 15 is 0 Å². The molecule has 3 rings (SSSR count). The van der Waals surface area contributed by atoms with Crippen molar-refractivity contribution in [1.82, 2.24) is 10.2 Å². The first-order valence-corrected chi connectivity index (χ1v) is 11.4. The molecule has 0 aliphatic carbocycles. The summed E-state index contributed by atoms with van der Waals surface area (Å²) in [7, 11) is 0.